The fourth-order valence-electron chi connectivity index (χ4n) is 3.15. The third-order valence-electron chi connectivity index (χ3n) is 4.42. The SMILES string of the molecule is c1ccc(CN[C@H]2CCCC[C@@H]2SCc2ccccc2)cc1. The maximum absolute atomic E-state index is 3.80. The van der Waals surface area contributed by atoms with Crippen molar-refractivity contribution in [2.24, 2.45) is 0 Å². The van der Waals surface area contributed by atoms with Gasteiger partial charge in [-0.3, -0.25) is 0 Å². The Hall–Kier alpha value is -1.25. The molecule has 0 spiro atoms. The van der Waals surface area contributed by atoms with Crippen molar-refractivity contribution in [3.05, 3.63) is 71.8 Å². The van der Waals surface area contributed by atoms with Crippen molar-refractivity contribution in [1.82, 2.24) is 5.32 Å². The number of hydrogen-bond acceptors (Lipinski definition) is 2. The Balaban J connectivity index is 1.52. The predicted molar refractivity (Wildman–Crippen MR) is 97.1 cm³/mol. The first-order valence-corrected chi connectivity index (χ1v) is 9.39. The van der Waals surface area contributed by atoms with E-state index in [0.29, 0.717) is 6.04 Å². The summed E-state index contributed by atoms with van der Waals surface area (Å²) in [6, 6.07) is 22.3. The minimum atomic E-state index is 0.655. The monoisotopic (exact) mass is 311 g/mol. The Bertz CT molecular complexity index is 489. The van der Waals surface area contributed by atoms with Gasteiger partial charge >= 0.3 is 0 Å². The first kappa shape index (κ1) is 15.6. The van der Waals surface area contributed by atoms with Gasteiger partial charge in [-0.15, -0.1) is 0 Å². The van der Waals surface area contributed by atoms with Crippen molar-refractivity contribution in [2.45, 2.75) is 49.3 Å². The van der Waals surface area contributed by atoms with Gasteiger partial charge in [0.05, 0.1) is 0 Å². The van der Waals surface area contributed by atoms with Crippen LogP contribution < -0.4 is 5.32 Å². The van der Waals surface area contributed by atoms with Crippen LogP contribution >= 0.6 is 11.8 Å². The van der Waals surface area contributed by atoms with Gasteiger partial charge in [-0.05, 0) is 24.0 Å². The summed E-state index contributed by atoms with van der Waals surface area (Å²) in [5.74, 6) is 1.13. The second-order valence-electron chi connectivity index (χ2n) is 6.09. The first-order valence-electron chi connectivity index (χ1n) is 8.34. The molecular weight excluding hydrogens is 286 g/mol. The summed E-state index contributed by atoms with van der Waals surface area (Å²) >= 11 is 2.13. The van der Waals surface area contributed by atoms with Crippen molar-refractivity contribution < 1.29 is 0 Å². The molecular formula is C20H25NS. The molecule has 2 atom stereocenters. The molecule has 1 aliphatic carbocycles. The van der Waals surface area contributed by atoms with E-state index < -0.39 is 0 Å². The highest BCUT2D eigenvalue weighted by Crippen LogP contribution is 2.31. The molecule has 0 aromatic heterocycles. The molecule has 1 nitrogen and oxygen atoms in total. The summed E-state index contributed by atoms with van der Waals surface area (Å²) in [7, 11) is 0. The minimum Gasteiger partial charge on any atom is -0.309 e. The Morgan fingerprint density at radius 1 is 0.818 bits per heavy atom. The second kappa shape index (κ2) is 8.40. The molecule has 0 bridgehead atoms. The molecule has 2 aromatic rings. The second-order valence-corrected chi connectivity index (χ2v) is 7.32. The molecule has 1 saturated carbocycles. The van der Waals surface area contributed by atoms with E-state index in [9.17, 15) is 0 Å². The van der Waals surface area contributed by atoms with Crippen molar-refractivity contribution in [1.29, 1.82) is 0 Å². The zero-order valence-electron chi connectivity index (χ0n) is 13.1. The van der Waals surface area contributed by atoms with Crippen LogP contribution in [0.4, 0.5) is 0 Å². The maximum atomic E-state index is 3.80. The van der Waals surface area contributed by atoms with Crippen LogP contribution in [0, 0.1) is 0 Å². The molecule has 2 aromatic carbocycles. The van der Waals surface area contributed by atoms with Crippen LogP contribution in [-0.2, 0) is 12.3 Å². The van der Waals surface area contributed by atoms with E-state index in [1.807, 2.05) is 0 Å². The van der Waals surface area contributed by atoms with Crippen LogP contribution in [0.5, 0.6) is 0 Å². The zero-order chi connectivity index (χ0) is 15.0. The van der Waals surface area contributed by atoms with Gasteiger partial charge in [0.2, 0.25) is 0 Å². The lowest BCUT2D eigenvalue weighted by Gasteiger charge is -2.32. The summed E-state index contributed by atoms with van der Waals surface area (Å²) in [6.45, 7) is 0.994. The van der Waals surface area contributed by atoms with E-state index in [0.717, 1.165) is 17.5 Å². The first-order chi connectivity index (χ1) is 10.9. The van der Waals surface area contributed by atoms with E-state index in [1.165, 1.54) is 36.8 Å². The van der Waals surface area contributed by atoms with Gasteiger partial charge in [-0.2, -0.15) is 11.8 Å². The third kappa shape index (κ3) is 4.62. The van der Waals surface area contributed by atoms with Gasteiger partial charge in [-0.1, -0.05) is 73.5 Å². The molecule has 1 N–H and O–H groups in total. The molecule has 0 heterocycles. The molecule has 0 unspecified atom stereocenters. The highest BCUT2D eigenvalue weighted by Gasteiger charge is 2.24. The van der Waals surface area contributed by atoms with E-state index in [-0.39, 0.29) is 0 Å². The van der Waals surface area contributed by atoms with E-state index >= 15 is 0 Å². The Morgan fingerprint density at radius 3 is 2.18 bits per heavy atom. The van der Waals surface area contributed by atoms with Crippen molar-refractivity contribution >= 4 is 11.8 Å². The molecule has 1 aliphatic rings. The Morgan fingerprint density at radius 2 is 1.45 bits per heavy atom. The zero-order valence-corrected chi connectivity index (χ0v) is 13.9. The number of benzene rings is 2. The predicted octanol–water partition coefficient (Wildman–Crippen LogP) is 5.02. The van der Waals surface area contributed by atoms with Crippen molar-refractivity contribution in [3.63, 3.8) is 0 Å². The lowest BCUT2D eigenvalue weighted by atomic mass is 9.94. The van der Waals surface area contributed by atoms with Crippen LogP contribution in [0.2, 0.25) is 0 Å². The lowest BCUT2D eigenvalue weighted by Crippen LogP contribution is -2.40. The van der Waals surface area contributed by atoms with E-state index in [2.05, 4.69) is 77.7 Å². The molecule has 1 fully saturated rings. The van der Waals surface area contributed by atoms with E-state index in [1.54, 1.807) is 0 Å². The van der Waals surface area contributed by atoms with Crippen molar-refractivity contribution in [3.8, 4) is 0 Å². The molecule has 0 saturated heterocycles. The van der Waals surface area contributed by atoms with Gasteiger partial charge in [-0.25, -0.2) is 0 Å². The lowest BCUT2D eigenvalue weighted by molar-refractivity contribution is 0.382. The molecule has 0 amide bonds. The maximum Gasteiger partial charge on any atom is 0.0208 e. The highest BCUT2D eigenvalue weighted by atomic mass is 32.2. The molecule has 22 heavy (non-hydrogen) atoms. The van der Waals surface area contributed by atoms with E-state index in [4.69, 9.17) is 0 Å². The smallest absolute Gasteiger partial charge is 0.0208 e. The molecule has 0 radical (unpaired) electrons. The summed E-state index contributed by atoms with van der Waals surface area (Å²) in [6.07, 6.45) is 5.42. The molecule has 2 heteroatoms. The Kier molecular flexibility index (Phi) is 5.97. The van der Waals surface area contributed by atoms with Gasteiger partial charge in [0.25, 0.3) is 0 Å². The number of thioether (sulfide) groups is 1. The molecule has 116 valence electrons. The largest absolute Gasteiger partial charge is 0.309 e. The molecule has 3 rings (SSSR count). The van der Waals surface area contributed by atoms with Gasteiger partial charge in [0, 0.05) is 23.6 Å². The summed E-state index contributed by atoms with van der Waals surface area (Å²) in [5, 5.41) is 4.55. The van der Waals surface area contributed by atoms with Crippen LogP contribution in [-0.4, -0.2) is 11.3 Å². The normalized spacial score (nSPS) is 21.6. The number of rotatable bonds is 6. The number of hydrogen-bond donors (Lipinski definition) is 1. The fourth-order valence-corrected chi connectivity index (χ4v) is 4.55. The quantitative estimate of drug-likeness (QED) is 0.804. The van der Waals surface area contributed by atoms with Crippen LogP contribution in [0.3, 0.4) is 0 Å². The summed E-state index contributed by atoms with van der Waals surface area (Å²) in [5.41, 5.74) is 2.83. The summed E-state index contributed by atoms with van der Waals surface area (Å²) < 4.78 is 0. The van der Waals surface area contributed by atoms with Gasteiger partial charge in [0.15, 0.2) is 0 Å². The standard InChI is InChI=1S/C20H25NS/c1-3-9-17(10-4-1)15-21-19-13-7-8-14-20(19)22-16-18-11-5-2-6-12-18/h1-6,9-12,19-21H,7-8,13-16H2/t19-,20-/m0/s1. The number of nitrogens with one attached hydrogen (secondary N) is 1. The minimum absolute atomic E-state index is 0.655. The Labute approximate surface area is 138 Å². The average molecular weight is 311 g/mol. The van der Waals surface area contributed by atoms with Crippen LogP contribution in [0.15, 0.2) is 60.7 Å². The fraction of sp³-hybridized carbons (Fsp3) is 0.400. The average Bonchev–Trinajstić information content (AvgIpc) is 2.61. The topological polar surface area (TPSA) is 12.0 Å². The van der Waals surface area contributed by atoms with Crippen molar-refractivity contribution in [2.75, 3.05) is 0 Å². The van der Waals surface area contributed by atoms with Crippen LogP contribution in [0.25, 0.3) is 0 Å². The molecule has 0 aliphatic heterocycles. The summed E-state index contributed by atoms with van der Waals surface area (Å²) in [4.78, 5) is 0. The third-order valence-corrected chi connectivity index (χ3v) is 5.91. The van der Waals surface area contributed by atoms with Gasteiger partial charge in [0.1, 0.15) is 0 Å². The highest BCUT2D eigenvalue weighted by molar-refractivity contribution is 7.99. The van der Waals surface area contributed by atoms with Gasteiger partial charge < -0.3 is 5.32 Å². The van der Waals surface area contributed by atoms with Crippen LogP contribution in [0.1, 0.15) is 36.8 Å².